The first-order chi connectivity index (χ1) is 7.00. The number of carboxylic acid groups (broad SMARTS) is 1. The third-order valence-electron chi connectivity index (χ3n) is 2.12. The van der Waals surface area contributed by atoms with Crippen LogP contribution in [-0.2, 0) is 4.79 Å². The number of aliphatic carboxylic acids is 1. The largest absolute Gasteiger partial charge is 0.480 e. The summed E-state index contributed by atoms with van der Waals surface area (Å²) in [6, 6.07) is 4.12. The molecular weight excluding hydrogens is 199 g/mol. The zero-order chi connectivity index (χ0) is 11.4. The van der Waals surface area contributed by atoms with Crippen LogP contribution in [0.3, 0.4) is 0 Å². The third-order valence-corrected chi connectivity index (χ3v) is 2.12. The Hall–Kier alpha value is -1.46. The van der Waals surface area contributed by atoms with Crippen molar-refractivity contribution < 1.29 is 14.3 Å². The Bertz CT molecular complexity index is 340. The Morgan fingerprint density at radius 3 is 2.33 bits per heavy atom. The van der Waals surface area contributed by atoms with Crippen LogP contribution in [0.4, 0.5) is 4.39 Å². The number of benzene rings is 1. The van der Waals surface area contributed by atoms with E-state index in [9.17, 15) is 9.18 Å². The summed E-state index contributed by atoms with van der Waals surface area (Å²) in [6.07, 6.45) is 0.126. The first-order valence-electron chi connectivity index (χ1n) is 4.50. The highest BCUT2D eigenvalue weighted by Gasteiger charge is 2.16. The molecule has 0 fully saturated rings. The second-order valence-electron chi connectivity index (χ2n) is 3.34. The maximum atomic E-state index is 12.6. The topological polar surface area (TPSA) is 89.3 Å². The van der Waals surface area contributed by atoms with Gasteiger partial charge in [-0.3, -0.25) is 4.79 Å². The number of hydrogen-bond donors (Lipinski definition) is 3. The normalized spacial score (nSPS) is 14.6. The summed E-state index contributed by atoms with van der Waals surface area (Å²) in [7, 11) is 0. The summed E-state index contributed by atoms with van der Waals surface area (Å²) in [5, 5.41) is 8.58. The summed E-state index contributed by atoms with van der Waals surface area (Å²) in [4.78, 5) is 10.5. The number of halogens is 1. The lowest BCUT2D eigenvalue weighted by molar-refractivity contribution is -0.138. The molecule has 0 unspecified atom stereocenters. The van der Waals surface area contributed by atoms with Crippen LogP contribution < -0.4 is 11.5 Å². The van der Waals surface area contributed by atoms with Crippen molar-refractivity contribution in [3.8, 4) is 0 Å². The zero-order valence-corrected chi connectivity index (χ0v) is 8.06. The predicted octanol–water partition coefficient (Wildman–Crippen LogP) is 0.627. The van der Waals surface area contributed by atoms with Crippen molar-refractivity contribution in [3.05, 3.63) is 35.6 Å². The Labute approximate surface area is 86.7 Å². The van der Waals surface area contributed by atoms with Crippen LogP contribution in [-0.4, -0.2) is 17.1 Å². The minimum Gasteiger partial charge on any atom is -0.480 e. The molecular formula is C10H13FN2O2. The quantitative estimate of drug-likeness (QED) is 0.682. The number of carbonyl (C=O) groups is 1. The van der Waals surface area contributed by atoms with Gasteiger partial charge in [0, 0.05) is 6.04 Å². The van der Waals surface area contributed by atoms with Crippen LogP contribution in [0, 0.1) is 5.82 Å². The van der Waals surface area contributed by atoms with E-state index in [-0.39, 0.29) is 12.2 Å². The number of carboxylic acids is 1. The van der Waals surface area contributed by atoms with Gasteiger partial charge < -0.3 is 16.6 Å². The van der Waals surface area contributed by atoms with E-state index < -0.39 is 18.1 Å². The predicted molar refractivity (Wildman–Crippen MR) is 53.6 cm³/mol. The molecule has 0 aliphatic carbocycles. The van der Waals surface area contributed by atoms with E-state index in [0.29, 0.717) is 5.56 Å². The Balaban J connectivity index is 2.64. The van der Waals surface area contributed by atoms with Crippen molar-refractivity contribution in [2.45, 2.75) is 18.5 Å². The van der Waals surface area contributed by atoms with Gasteiger partial charge in [-0.1, -0.05) is 12.1 Å². The average Bonchev–Trinajstić information content (AvgIpc) is 2.18. The first kappa shape index (κ1) is 11.6. The van der Waals surface area contributed by atoms with Crippen molar-refractivity contribution >= 4 is 5.97 Å². The van der Waals surface area contributed by atoms with E-state index in [0.717, 1.165) is 0 Å². The van der Waals surface area contributed by atoms with E-state index in [1.54, 1.807) is 0 Å². The van der Waals surface area contributed by atoms with Gasteiger partial charge in [0.25, 0.3) is 0 Å². The molecule has 1 aromatic carbocycles. The Kier molecular flexibility index (Phi) is 3.76. The minimum atomic E-state index is -1.09. The highest BCUT2D eigenvalue weighted by atomic mass is 19.1. The van der Waals surface area contributed by atoms with Gasteiger partial charge in [0.05, 0.1) is 0 Å². The van der Waals surface area contributed by atoms with E-state index in [2.05, 4.69) is 0 Å². The van der Waals surface area contributed by atoms with E-state index in [1.807, 2.05) is 0 Å². The van der Waals surface area contributed by atoms with Gasteiger partial charge in [0.1, 0.15) is 11.9 Å². The second kappa shape index (κ2) is 4.86. The van der Waals surface area contributed by atoms with Crippen LogP contribution in [0.2, 0.25) is 0 Å². The monoisotopic (exact) mass is 212 g/mol. The molecule has 0 heterocycles. The molecule has 0 aliphatic heterocycles. The van der Waals surface area contributed by atoms with Crippen LogP contribution in [0.25, 0.3) is 0 Å². The fourth-order valence-corrected chi connectivity index (χ4v) is 1.22. The SMILES string of the molecule is N[C@H](C[C@H](N)C(=O)O)c1ccc(F)cc1. The summed E-state index contributed by atoms with van der Waals surface area (Å²) in [5.74, 6) is -1.44. The minimum absolute atomic E-state index is 0.126. The van der Waals surface area contributed by atoms with Gasteiger partial charge >= 0.3 is 5.97 Å². The van der Waals surface area contributed by atoms with Gasteiger partial charge in [-0.15, -0.1) is 0 Å². The van der Waals surface area contributed by atoms with Gasteiger partial charge in [-0.05, 0) is 24.1 Å². The molecule has 5 N–H and O–H groups in total. The van der Waals surface area contributed by atoms with Gasteiger partial charge in [-0.25, -0.2) is 4.39 Å². The molecule has 1 rings (SSSR count). The second-order valence-corrected chi connectivity index (χ2v) is 3.34. The van der Waals surface area contributed by atoms with Crippen LogP contribution in [0.15, 0.2) is 24.3 Å². The molecule has 15 heavy (non-hydrogen) atoms. The first-order valence-corrected chi connectivity index (χ1v) is 4.50. The van der Waals surface area contributed by atoms with Crippen molar-refractivity contribution in [1.29, 1.82) is 0 Å². The van der Waals surface area contributed by atoms with Crippen molar-refractivity contribution in [1.82, 2.24) is 0 Å². The van der Waals surface area contributed by atoms with Gasteiger partial charge in [-0.2, -0.15) is 0 Å². The highest BCUT2D eigenvalue weighted by Crippen LogP contribution is 2.15. The molecule has 4 nitrogen and oxygen atoms in total. The molecule has 0 radical (unpaired) electrons. The maximum Gasteiger partial charge on any atom is 0.320 e. The van der Waals surface area contributed by atoms with E-state index in [1.165, 1.54) is 24.3 Å². The summed E-state index contributed by atoms with van der Waals surface area (Å²) >= 11 is 0. The molecule has 0 saturated heterocycles. The molecule has 0 aliphatic rings. The fraction of sp³-hybridized carbons (Fsp3) is 0.300. The summed E-state index contributed by atoms with van der Waals surface area (Å²) in [6.45, 7) is 0. The molecule has 1 aromatic rings. The average molecular weight is 212 g/mol. The van der Waals surface area contributed by atoms with E-state index in [4.69, 9.17) is 16.6 Å². The lowest BCUT2D eigenvalue weighted by atomic mass is 10.0. The maximum absolute atomic E-state index is 12.6. The van der Waals surface area contributed by atoms with E-state index >= 15 is 0 Å². The standard InChI is InChI=1S/C10H13FN2O2/c11-7-3-1-6(2-4-7)8(12)5-9(13)10(14)15/h1-4,8-9H,5,12-13H2,(H,14,15)/t8-,9+/m1/s1. The lowest BCUT2D eigenvalue weighted by Crippen LogP contribution is -2.33. The zero-order valence-electron chi connectivity index (χ0n) is 8.06. The number of hydrogen-bond acceptors (Lipinski definition) is 3. The van der Waals surface area contributed by atoms with Crippen molar-refractivity contribution in [2.75, 3.05) is 0 Å². The lowest BCUT2D eigenvalue weighted by Gasteiger charge is -2.14. The van der Waals surface area contributed by atoms with Gasteiger partial charge in [0.15, 0.2) is 0 Å². The summed E-state index contributed by atoms with van der Waals surface area (Å²) in [5.41, 5.74) is 11.7. The molecule has 0 spiro atoms. The fourth-order valence-electron chi connectivity index (χ4n) is 1.22. The Morgan fingerprint density at radius 2 is 1.87 bits per heavy atom. The molecule has 0 saturated carbocycles. The number of rotatable bonds is 4. The van der Waals surface area contributed by atoms with Crippen molar-refractivity contribution in [2.24, 2.45) is 11.5 Å². The van der Waals surface area contributed by atoms with Crippen LogP contribution >= 0.6 is 0 Å². The molecule has 0 aromatic heterocycles. The van der Waals surface area contributed by atoms with Crippen LogP contribution in [0.5, 0.6) is 0 Å². The van der Waals surface area contributed by atoms with Gasteiger partial charge in [0.2, 0.25) is 0 Å². The summed E-state index contributed by atoms with van der Waals surface area (Å²) < 4.78 is 12.6. The number of nitrogens with two attached hydrogens (primary N) is 2. The van der Waals surface area contributed by atoms with Crippen LogP contribution in [0.1, 0.15) is 18.0 Å². The molecule has 0 amide bonds. The molecule has 0 bridgehead atoms. The van der Waals surface area contributed by atoms with Crippen molar-refractivity contribution in [3.63, 3.8) is 0 Å². The molecule has 82 valence electrons. The smallest absolute Gasteiger partial charge is 0.320 e. The molecule has 2 atom stereocenters. The highest BCUT2D eigenvalue weighted by molar-refractivity contribution is 5.73. The third kappa shape index (κ3) is 3.30. The molecule has 5 heteroatoms. The Morgan fingerprint density at radius 1 is 1.33 bits per heavy atom.